The van der Waals surface area contributed by atoms with Gasteiger partial charge in [0.05, 0.1) is 31.4 Å². The molecule has 1 atom stereocenters. The largest absolute Gasteiger partial charge is 0.481 e. The number of pyridine rings is 1. The predicted molar refractivity (Wildman–Crippen MR) is 124 cm³/mol. The lowest BCUT2D eigenvalue weighted by atomic mass is 10.2. The lowest BCUT2D eigenvalue weighted by molar-refractivity contribution is 0.0908. The second-order valence-electron chi connectivity index (χ2n) is 6.90. The van der Waals surface area contributed by atoms with E-state index in [0.29, 0.717) is 48.0 Å². The molecule has 0 aliphatic heterocycles. The fourth-order valence-electron chi connectivity index (χ4n) is 3.01. The van der Waals surface area contributed by atoms with Crippen LogP contribution in [-0.4, -0.2) is 69.5 Å². The molecule has 172 valence electrons. The highest BCUT2D eigenvalue weighted by Crippen LogP contribution is 2.28. The minimum absolute atomic E-state index is 0.156. The first kappa shape index (κ1) is 24.2. The van der Waals surface area contributed by atoms with Gasteiger partial charge >= 0.3 is 0 Å². The average Bonchev–Trinajstić information content (AvgIpc) is 3.23. The van der Waals surface area contributed by atoms with E-state index in [4.69, 9.17) is 25.8 Å². The molecule has 0 aliphatic rings. The highest BCUT2D eigenvalue weighted by atomic mass is 35.5. The first-order chi connectivity index (χ1) is 15.5. The Balaban J connectivity index is 1.83. The Bertz CT molecular complexity index is 984. The van der Waals surface area contributed by atoms with E-state index in [1.54, 1.807) is 39.8 Å². The van der Waals surface area contributed by atoms with Gasteiger partial charge in [0, 0.05) is 44.4 Å². The second-order valence-corrected chi connectivity index (χ2v) is 8.58. The number of methoxy groups -OCH3 is 3. The molecule has 0 aliphatic carbocycles. The number of ether oxygens (including phenoxy) is 3. The third-order valence-electron chi connectivity index (χ3n) is 4.44. The molecule has 32 heavy (non-hydrogen) atoms. The molecule has 10 nitrogen and oxygen atoms in total. The van der Waals surface area contributed by atoms with Crippen molar-refractivity contribution in [1.29, 1.82) is 0 Å². The van der Waals surface area contributed by atoms with Gasteiger partial charge in [0.2, 0.25) is 11.8 Å². The third kappa shape index (κ3) is 6.28. The van der Waals surface area contributed by atoms with Crippen LogP contribution in [0.4, 0.5) is 5.95 Å². The van der Waals surface area contributed by atoms with Crippen LogP contribution in [0.5, 0.6) is 5.88 Å². The fourth-order valence-corrected chi connectivity index (χ4v) is 3.79. The van der Waals surface area contributed by atoms with Crippen molar-refractivity contribution in [2.75, 3.05) is 39.3 Å². The zero-order valence-electron chi connectivity index (χ0n) is 18.4. The summed E-state index contributed by atoms with van der Waals surface area (Å²) in [6.07, 6.45) is 3.85. The van der Waals surface area contributed by atoms with Gasteiger partial charge in [-0.15, -0.1) is 10.2 Å². The summed E-state index contributed by atoms with van der Waals surface area (Å²) < 4.78 is 21.4. The van der Waals surface area contributed by atoms with Gasteiger partial charge < -0.3 is 14.2 Å². The van der Waals surface area contributed by atoms with E-state index in [1.165, 1.54) is 11.9 Å². The van der Waals surface area contributed by atoms with Crippen LogP contribution in [0.3, 0.4) is 0 Å². The van der Waals surface area contributed by atoms with Gasteiger partial charge in [-0.3, -0.25) is 9.29 Å². The lowest BCUT2D eigenvalue weighted by Gasteiger charge is -2.21. The summed E-state index contributed by atoms with van der Waals surface area (Å²) in [5.41, 5.74) is 0.634. The lowest BCUT2D eigenvalue weighted by Crippen LogP contribution is -2.22. The SMILES string of the molecule is COCC(COC)n1c(NSC(C)Cc2ncc(Cl)cn2)nnc1-c1cccc(OC)n1. The van der Waals surface area contributed by atoms with Crippen LogP contribution in [0.2, 0.25) is 5.02 Å². The number of halogens is 1. The van der Waals surface area contributed by atoms with Crippen molar-refractivity contribution < 1.29 is 14.2 Å². The molecule has 0 amide bonds. The van der Waals surface area contributed by atoms with E-state index >= 15 is 0 Å². The Hall–Kier alpha value is -2.47. The van der Waals surface area contributed by atoms with Crippen molar-refractivity contribution >= 4 is 29.5 Å². The molecule has 3 rings (SSSR count). The molecule has 3 aromatic heterocycles. The Morgan fingerprint density at radius 2 is 1.81 bits per heavy atom. The highest BCUT2D eigenvalue weighted by Gasteiger charge is 2.23. The molecule has 1 N–H and O–H groups in total. The molecule has 0 aromatic carbocycles. The van der Waals surface area contributed by atoms with E-state index in [-0.39, 0.29) is 11.3 Å². The summed E-state index contributed by atoms with van der Waals surface area (Å²) >= 11 is 7.37. The van der Waals surface area contributed by atoms with Crippen molar-refractivity contribution in [1.82, 2.24) is 29.7 Å². The van der Waals surface area contributed by atoms with E-state index in [0.717, 1.165) is 5.82 Å². The maximum Gasteiger partial charge on any atom is 0.235 e. The molecule has 3 aromatic rings. The van der Waals surface area contributed by atoms with Crippen molar-refractivity contribution in [2.24, 2.45) is 0 Å². The summed E-state index contributed by atoms with van der Waals surface area (Å²) in [5, 5.41) is 9.42. The normalized spacial score (nSPS) is 12.2. The zero-order chi connectivity index (χ0) is 22.9. The first-order valence-corrected chi connectivity index (χ1v) is 11.1. The van der Waals surface area contributed by atoms with Gasteiger partial charge in [-0.25, -0.2) is 15.0 Å². The Kier molecular flexibility index (Phi) is 9.03. The Morgan fingerprint density at radius 3 is 2.47 bits per heavy atom. The fraction of sp³-hybridized carbons (Fsp3) is 0.450. The summed E-state index contributed by atoms with van der Waals surface area (Å²) in [4.78, 5) is 13.0. The van der Waals surface area contributed by atoms with Gasteiger partial charge in [-0.1, -0.05) is 24.6 Å². The van der Waals surface area contributed by atoms with Gasteiger partial charge in [0.15, 0.2) is 5.82 Å². The molecular formula is C20H26ClN7O3S. The average molecular weight is 480 g/mol. The van der Waals surface area contributed by atoms with Crippen molar-refractivity contribution in [3.63, 3.8) is 0 Å². The number of aromatic nitrogens is 6. The van der Waals surface area contributed by atoms with Crippen molar-refractivity contribution in [3.05, 3.63) is 41.4 Å². The molecule has 0 fully saturated rings. The van der Waals surface area contributed by atoms with Gasteiger partial charge in [-0.05, 0) is 18.0 Å². The Labute approximate surface area is 196 Å². The minimum Gasteiger partial charge on any atom is -0.481 e. The molecule has 12 heteroatoms. The van der Waals surface area contributed by atoms with Crippen LogP contribution in [-0.2, 0) is 15.9 Å². The van der Waals surface area contributed by atoms with Crippen molar-refractivity contribution in [3.8, 4) is 17.4 Å². The summed E-state index contributed by atoms with van der Waals surface area (Å²) in [6.45, 7) is 2.90. The van der Waals surface area contributed by atoms with E-state index in [1.807, 2.05) is 16.7 Å². The van der Waals surface area contributed by atoms with E-state index < -0.39 is 0 Å². The van der Waals surface area contributed by atoms with Crippen LogP contribution >= 0.6 is 23.5 Å². The molecular weight excluding hydrogens is 454 g/mol. The molecule has 0 saturated heterocycles. The van der Waals surface area contributed by atoms with Gasteiger partial charge in [0.1, 0.15) is 11.5 Å². The Morgan fingerprint density at radius 1 is 1.09 bits per heavy atom. The van der Waals surface area contributed by atoms with Crippen molar-refractivity contribution in [2.45, 2.75) is 24.6 Å². The minimum atomic E-state index is -0.166. The predicted octanol–water partition coefficient (Wildman–Crippen LogP) is 3.32. The molecule has 0 radical (unpaired) electrons. The topological polar surface area (TPSA) is 109 Å². The maximum atomic E-state index is 5.87. The summed E-state index contributed by atoms with van der Waals surface area (Å²) in [7, 11) is 4.87. The molecule has 0 bridgehead atoms. The van der Waals surface area contributed by atoms with Crippen LogP contribution in [0, 0.1) is 0 Å². The van der Waals surface area contributed by atoms with Crippen LogP contribution in [0.25, 0.3) is 11.5 Å². The summed E-state index contributed by atoms with van der Waals surface area (Å²) in [5.74, 6) is 2.36. The number of anilines is 1. The number of nitrogens with one attached hydrogen (secondary N) is 1. The smallest absolute Gasteiger partial charge is 0.235 e. The number of rotatable bonds is 12. The standard InChI is InChI=1S/C20H26ClN7O3S/c1-13(8-17-22-9-14(21)10-23-17)32-27-20-26-25-19(16-6-5-7-18(24-16)31-4)28(20)15(11-29-2)12-30-3/h5-7,9-10,13,15H,8,11-12H2,1-4H3,(H,26,27). The molecule has 1 unspecified atom stereocenters. The quantitative estimate of drug-likeness (QED) is 0.388. The highest BCUT2D eigenvalue weighted by molar-refractivity contribution is 8.01. The van der Waals surface area contributed by atoms with Crippen LogP contribution in [0.15, 0.2) is 30.6 Å². The number of nitrogens with zero attached hydrogens (tertiary/aromatic N) is 6. The molecule has 0 saturated carbocycles. The van der Waals surface area contributed by atoms with Gasteiger partial charge in [-0.2, -0.15) is 0 Å². The number of hydrogen-bond donors (Lipinski definition) is 1. The molecule has 3 heterocycles. The second kappa shape index (κ2) is 12.0. The third-order valence-corrected chi connectivity index (χ3v) is 5.50. The monoisotopic (exact) mass is 479 g/mol. The summed E-state index contributed by atoms with van der Waals surface area (Å²) in [6, 6.07) is 5.33. The van der Waals surface area contributed by atoms with Crippen LogP contribution in [0.1, 0.15) is 18.8 Å². The molecule has 0 spiro atoms. The van der Waals surface area contributed by atoms with Crippen LogP contribution < -0.4 is 9.46 Å². The first-order valence-electron chi connectivity index (χ1n) is 9.88. The van der Waals surface area contributed by atoms with E-state index in [2.05, 4.69) is 36.8 Å². The van der Waals surface area contributed by atoms with E-state index in [9.17, 15) is 0 Å². The maximum absolute atomic E-state index is 5.87. The van der Waals surface area contributed by atoms with Gasteiger partial charge in [0.25, 0.3) is 0 Å². The zero-order valence-corrected chi connectivity index (χ0v) is 19.9. The number of hydrogen-bond acceptors (Lipinski definition) is 10.